The Morgan fingerprint density at radius 3 is 1.63 bits per heavy atom. The monoisotopic (exact) mass is 548 g/mol. The number of rotatable bonds is 5. The highest BCUT2D eigenvalue weighted by Gasteiger charge is 2.18. The molecule has 35 heavy (non-hydrogen) atoms. The maximum absolute atomic E-state index is 8.88. The average molecular weight is 550 g/mol. The van der Waals surface area contributed by atoms with Crippen LogP contribution in [0.25, 0.3) is 0 Å². The maximum Gasteiger partial charge on any atom is 0.134 e. The van der Waals surface area contributed by atoms with Crippen molar-refractivity contribution in [3.05, 3.63) is 39.2 Å². The molecule has 0 atom stereocenters. The minimum Gasteiger partial charge on any atom is -0.395 e. The highest BCUT2D eigenvalue weighted by molar-refractivity contribution is 6.33. The molecule has 10 nitrogen and oxygen atoms in total. The number of nitrogens with one attached hydrogen (secondary N) is 1. The fourth-order valence-electron chi connectivity index (χ4n) is 3.59. The van der Waals surface area contributed by atoms with E-state index in [1.54, 1.807) is 13.0 Å². The molecule has 0 unspecified atom stereocenters. The third-order valence-corrected chi connectivity index (χ3v) is 5.89. The molecule has 13 heteroatoms. The molecule has 0 bridgehead atoms. The molecular weight excluding hydrogens is 515 g/mol. The van der Waals surface area contributed by atoms with Crippen LogP contribution in [0.3, 0.4) is 0 Å². The summed E-state index contributed by atoms with van der Waals surface area (Å²) in [7, 11) is 0. The second kappa shape index (κ2) is 16.4. The Balaban J connectivity index is 0.000000203. The van der Waals surface area contributed by atoms with Gasteiger partial charge < -0.3 is 20.4 Å². The Kier molecular flexibility index (Phi) is 14.0. The van der Waals surface area contributed by atoms with Gasteiger partial charge in [-0.15, -0.1) is 0 Å². The summed E-state index contributed by atoms with van der Waals surface area (Å²) >= 11 is 17.0. The summed E-state index contributed by atoms with van der Waals surface area (Å²) in [5.41, 5.74) is 0. The van der Waals surface area contributed by atoms with E-state index >= 15 is 0 Å². The van der Waals surface area contributed by atoms with E-state index in [9.17, 15) is 0 Å². The van der Waals surface area contributed by atoms with Crippen molar-refractivity contribution >= 4 is 40.6 Å². The van der Waals surface area contributed by atoms with Gasteiger partial charge in [-0.25, -0.2) is 19.9 Å². The number of hydrogen-bond donors (Lipinski definition) is 3. The van der Waals surface area contributed by atoms with Crippen LogP contribution in [0.15, 0.2) is 12.1 Å². The normalized spacial score (nSPS) is 16.7. The van der Waals surface area contributed by atoms with Crippen LogP contribution < -0.4 is 10.2 Å². The molecule has 2 aliphatic heterocycles. The molecule has 3 N–H and O–H groups in total. The molecule has 2 saturated heterocycles. The van der Waals surface area contributed by atoms with Crippen LogP contribution in [-0.2, 0) is 0 Å². The summed E-state index contributed by atoms with van der Waals surface area (Å²) in [4.78, 5) is 22.8. The van der Waals surface area contributed by atoms with E-state index in [1.165, 1.54) is 6.07 Å². The number of β-amino-alcohol motifs (C(OH)–C–C–N with tert-alkyl or cyclic N) is 2. The van der Waals surface area contributed by atoms with Gasteiger partial charge in [0.1, 0.15) is 32.9 Å². The van der Waals surface area contributed by atoms with E-state index in [0.717, 1.165) is 71.3 Å². The molecule has 2 aliphatic rings. The summed E-state index contributed by atoms with van der Waals surface area (Å²) in [6.45, 7) is 13.7. The molecule has 4 heterocycles. The van der Waals surface area contributed by atoms with Crippen LogP contribution in [0.4, 0.5) is 5.82 Å². The summed E-state index contributed by atoms with van der Waals surface area (Å²) in [5.74, 6) is 2.18. The standard InChI is InChI=1S/C11H17ClN4O.C6H14N2O.C5H4Cl2N2/c1-9-13-10(12)8-11(14-9)16-4-2-15(3-5-16)6-7-17;9-6-5-8-3-1-7-2-4-8;1-3-8-4(6)2-5(7)9-3/h8,17H,2-7H2,1H3;7,9H,1-6H2;2H,1H3. The number of nitrogens with zero attached hydrogens (tertiary/aromatic N) is 7. The van der Waals surface area contributed by atoms with Crippen LogP contribution in [0.2, 0.25) is 15.5 Å². The summed E-state index contributed by atoms with van der Waals surface area (Å²) in [5, 5.41) is 21.9. The molecule has 2 fully saturated rings. The lowest BCUT2D eigenvalue weighted by atomic mass is 10.3. The average Bonchev–Trinajstić information content (AvgIpc) is 2.80. The first kappa shape index (κ1) is 29.9. The SMILES string of the molecule is Cc1nc(Cl)cc(Cl)n1.Cc1nc(Cl)cc(N2CCN(CCO)CC2)n1.OCCN1CCNCC1. The minimum absolute atomic E-state index is 0.221. The summed E-state index contributed by atoms with van der Waals surface area (Å²) < 4.78 is 0. The van der Waals surface area contributed by atoms with Crippen molar-refractivity contribution in [2.24, 2.45) is 0 Å². The van der Waals surface area contributed by atoms with Crippen molar-refractivity contribution in [1.29, 1.82) is 0 Å². The predicted molar refractivity (Wildman–Crippen MR) is 141 cm³/mol. The fourth-order valence-corrected chi connectivity index (χ4v) is 4.32. The number of hydrogen-bond acceptors (Lipinski definition) is 10. The molecule has 196 valence electrons. The maximum atomic E-state index is 8.88. The molecule has 0 spiro atoms. The topological polar surface area (TPSA) is 114 Å². The zero-order chi connectivity index (χ0) is 25.6. The number of aliphatic hydroxyl groups excluding tert-OH is 2. The zero-order valence-corrected chi connectivity index (χ0v) is 22.6. The first-order valence-corrected chi connectivity index (χ1v) is 12.7. The number of aliphatic hydroxyl groups is 2. The molecule has 2 aromatic heterocycles. The summed E-state index contributed by atoms with van der Waals surface area (Å²) in [6, 6.07) is 3.30. The Morgan fingerprint density at radius 1 is 0.714 bits per heavy atom. The van der Waals surface area contributed by atoms with Gasteiger partial charge >= 0.3 is 0 Å². The molecule has 0 amide bonds. The van der Waals surface area contributed by atoms with Gasteiger partial charge in [0, 0.05) is 77.6 Å². The van der Waals surface area contributed by atoms with E-state index in [2.05, 4.69) is 40.0 Å². The number of aromatic nitrogens is 4. The quantitative estimate of drug-likeness (QED) is 0.475. The molecule has 0 aromatic carbocycles. The lowest BCUT2D eigenvalue weighted by Crippen LogP contribution is -2.47. The van der Waals surface area contributed by atoms with Crippen molar-refractivity contribution in [3.8, 4) is 0 Å². The van der Waals surface area contributed by atoms with Gasteiger partial charge in [-0.3, -0.25) is 9.80 Å². The lowest BCUT2D eigenvalue weighted by Gasteiger charge is -2.35. The lowest BCUT2D eigenvalue weighted by molar-refractivity contribution is 0.180. The van der Waals surface area contributed by atoms with Crippen LogP contribution >= 0.6 is 34.8 Å². The zero-order valence-electron chi connectivity index (χ0n) is 20.3. The Bertz CT molecular complexity index is 808. The molecule has 0 radical (unpaired) electrons. The molecule has 0 saturated carbocycles. The molecule has 4 rings (SSSR count). The van der Waals surface area contributed by atoms with Crippen LogP contribution in [0, 0.1) is 13.8 Å². The summed E-state index contributed by atoms with van der Waals surface area (Å²) in [6.07, 6.45) is 0. The van der Waals surface area contributed by atoms with Crippen molar-refractivity contribution in [2.45, 2.75) is 13.8 Å². The van der Waals surface area contributed by atoms with Gasteiger partial charge in [-0.2, -0.15) is 0 Å². The van der Waals surface area contributed by atoms with Gasteiger partial charge in [0.15, 0.2) is 0 Å². The van der Waals surface area contributed by atoms with E-state index in [4.69, 9.17) is 45.0 Å². The van der Waals surface area contributed by atoms with Gasteiger partial charge in [0.25, 0.3) is 0 Å². The van der Waals surface area contributed by atoms with Crippen LogP contribution in [-0.4, -0.2) is 119 Å². The number of anilines is 1. The Labute approximate surface area is 222 Å². The number of aryl methyl sites for hydroxylation is 2. The second-order valence-electron chi connectivity index (χ2n) is 8.02. The fraction of sp³-hybridized carbons (Fsp3) is 0.636. The minimum atomic E-state index is 0.221. The predicted octanol–water partition coefficient (Wildman–Crippen LogP) is 1.53. The van der Waals surface area contributed by atoms with Gasteiger partial charge in [0.2, 0.25) is 0 Å². The Hall–Kier alpha value is -1.37. The van der Waals surface area contributed by atoms with Crippen LogP contribution in [0.1, 0.15) is 11.6 Å². The molecular formula is C22H35Cl3N8O2. The third-order valence-electron chi connectivity index (χ3n) is 5.31. The van der Waals surface area contributed by atoms with Crippen molar-refractivity contribution < 1.29 is 10.2 Å². The van der Waals surface area contributed by atoms with Crippen molar-refractivity contribution in [1.82, 2.24) is 35.1 Å². The van der Waals surface area contributed by atoms with E-state index < -0.39 is 0 Å². The number of piperazine rings is 2. The van der Waals surface area contributed by atoms with Gasteiger partial charge in [-0.05, 0) is 13.8 Å². The number of halogens is 3. The highest BCUT2D eigenvalue weighted by atomic mass is 35.5. The largest absolute Gasteiger partial charge is 0.395 e. The smallest absolute Gasteiger partial charge is 0.134 e. The van der Waals surface area contributed by atoms with E-state index in [1.807, 2.05) is 6.92 Å². The molecule has 0 aliphatic carbocycles. The molecule has 2 aromatic rings. The first-order chi connectivity index (χ1) is 16.8. The third kappa shape index (κ3) is 11.9. The highest BCUT2D eigenvalue weighted by Crippen LogP contribution is 2.17. The van der Waals surface area contributed by atoms with Gasteiger partial charge in [-0.1, -0.05) is 34.8 Å². The Morgan fingerprint density at radius 2 is 1.17 bits per heavy atom. The van der Waals surface area contributed by atoms with Crippen LogP contribution in [0.5, 0.6) is 0 Å². The van der Waals surface area contributed by atoms with Gasteiger partial charge in [0.05, 0.1) is 13.2 Å². The van der Waals surface area contributed by atoms with E-state index in [0.29, 0.717) is 33.7 Å². The second-order valence-corrected chi connectivity index (χ2v) is 9.19. The van der Waals surface area contributed by atoms with E-state index in [-0.39, 0.29) is 6.61 Å². The first-order valence-electron chi connectivity index (χ1n) is 11.6. The van der Waals surface area contributed by atoms with Crippen molar-refractivity contribution in [2.75, 3.05) is 83.6 Å². The van der Waals surface area contributed by atoms with Crippen molar-refractivity contribution in [3.63, 3.8) is 0 Å².